The molecule has 0 heterocycles. The molecule has 0 radical (unpaired) electrons. The quantitative estimate of drug-likeness (QED) is 0.266. The molecule has 1 N–H and O–H groups in total. The smallest absolute Gasteiger partial charge is 0.343 e. The fraction of sp³-hybridized carbons (Fsp3) is 1.00. The molecule has 7 nitrogen and oxygen atoms in total. The first kappa shape index (κ1) is 23.1. The number of hydrogen-bond donors (Lipinski definition) is 1. The van der Waals surface area contributed by atoms with E-state index in [1.165, 1.54) is 6.92 Å². The molecule has 0 aliphatic rings. The summed E-state index contributed by atoms with van der Waals surface area (Å²) in [7, 11) is -2.65. The summed E-state index contributed by atoms with van der Waals surface area (Å²) in [6.45, 7) is 7.97. The van der Waals surface area contributed by atoms with Gasteiger partial charge in [0, 0.05) is 4.57 Å². The van der Waals surface area contributed by atoms with Gasteiger partial charge in [0.25, 0.3) is 5.79 Å². The summed E-state index contributed by atoms with van der Waals surface area (Å²) < 4.78 is 38.5. The monoisotopic (exact) mass is 375 g/mol. The maximum absolute atomic E-state index is 11.9. The Hall–Kier alpha value is 0.150. The van der Waals surface area contributed by atoms with Gasteiger partial charge in [-0.2, -0.15) is 0 Å². The second-order valence-electron chi connectivity index (χ2n) is 4.91. The van der Waals surface area contributed by atoms with Gasteiger partial charge in [0.2, 0.25) is 0 Å². The highest BCUT2D eigenvalue weighted by Gasteiger charge is 2.59. The van der Waals surface area contributed by atoms with Crippen LogP contribution in [0.15, 0.2) is 0 Å². The van der Waals surface area contributed by atoms with E-state index >= 15 is 0 Å². The summed E-state index contributed by atoms with van der Waals surface area (Å²) in [6, 6.07) is 0. The third kappa shape index (κ3) is 8.18. The highest BCUT2D eigenvalue weighted by atomic mass is 35.5. The van der Waals surface area contributed by atoms with E-state index in [2.05, 4.69) is 0 Å². The van der Waals surface area contributed by atoms with E-state index in [4.69, 9.17) is 34.9 Å². The van der Waals surface area contributed by atoms with Crippen molar-refractivity contribution in [3.05, 3.63) is 0 Å². The molecule has 138 valence electrons. The Morgan fingerprint density at radius 3 is 1.87 bits per heavy atom. The Labute approximate surface area is 144 Å². The van der Waals surface area contributed by atoms with E-state index < -0.39 is 20.0 Å². The third-order valence-electron chi connectivity index (χ3n) is 2.71. The van der Waals surface area contributed by atoms with Crippen molar-refractivity contribution in [1.29, 1.82) is 0 Å². The van der Waals surface area contributed by atoms with Crippen molar-refractivity contribution in [2.45, 2.75) is 58.7 Å². The van der Waals surface area contributed by atoms with Crippen LogP contribution in [0.5, 0.6) is 0 Å². The predicted octanol–water partition coefficient (Wildman–Crippen LogP) is 3.56. The number of aliphatic hydroxyl groups is 1. The van der Waals surface area contributed by atoms with Crippen LogP contribution in [0.3, 0.4) is 0 Å². The van der Waals surface area contributed by atoms with Crippen LogP contribution in [0.25, 0.3) is 0 Å². The van der Waals surface area contributed by atoms with E-state index in [9.17, 15) is 9.67 Å². The Balaban J connectivity index is 5.23. The van der Waals surface area contributed by atoms with Gasteiger partial charge in [-0.15, -0.1) is 16.1 Å². The van der Waals surface area contributed by atoms with Gasteiger partial charge in [0.15, 0.2) is 0 Å². The normalized spacial score (nSPS) is 15.5. The van der Waals surface area contributed by atoms with E-state index in [1.807, 2.05) is 20.8 Å². The fourth-order valence-electron chi connectivity index (χ4n) is 1.53. The SMILES string of the molecule is CCCOC(C)(OCCC)C(O)(OCCC)O[P+](=O)OCCCl. The zero-order chi connectivity index (χ0) is 17.8. The maximum atomic E-state index is 11.9. The largest absolute Gasteiger partial charge is 0.703 e. The van der Waals surface area contributed by atoms with Gasteiger partial charge in [-0.3, -0.25) is 0 Å². The van der Waals surface area contributed by atoms with E-state index in [0.717, 1.165) is 0 Å². The Morgan fingerprint density at radius 1 is 0.957 bits per heavy atom. The summed E-state index contributed by atoms with van der Waals surface area (Å²) in [5.41, 5.74) is 0. The Kier molecular flexibility index (Phi) is 12.6. The summed E-state index contributed by atoms with van der Waals surface area (Å²) >= 11 is 5.48. The molecule has 9 heteroatoms. The molecule has 0 aliphatic heterocycles. The molecular weight excluding hydrogens is 347 g/mol. The lowest BCUT2D eigenvalue weighted by atomic mass is 10.2. The highest BCUT2D eigenvalue weighted by molar-refractivity contribution is 7.33. The van der Waals surface area contributed by atoms with E-state index in [-0.39, 0.29) is 19.1 Å². The average Bonchev–Trinajstić information content (AvgIpc) is 2.54. The van der Waals surface area contributed by atoms with Crippen LogP contribution < -0.4 is 0 Å². The van der Waals surface area contributed by atoms with Crippen LogP contribution in [0, 0.1) is 0 Å². The molecule has 0 saturated heterocycles. The first-order chi connectivity index (χ1) is 10.9. The minimum Gasteiger partial charge on any atom is -0.343 e. The molecule has 0 aromatic rings. The topological polar surface area (TPSA) is 83.5 Å². The van der Waals surface area contributed by atoms with Crippen molar-refractivity contribution in [2.75, 3.05) is 32.3 Å². The van der Waals surface area contributed by atoms with Crippen LogP contribution >= 0.6 is 19.9 Å². The van der Waals surface area contributed by atoms with Crippen LogP contribution in [-0.2, 0) is 27.8 Å². The van der Waals surface area contributed by atoms with Crippen LogP contribution in [0.2, 0.25) is 0 Å². The molecule has 0 aliphatic carbocycles. The van der Waals surface area contributed by atoms with Crippen molar-refractivity contribution < 1.29 is 32.9 Å². The van der Waals surface area contributed by atoms with E-state index in [0.29, 0.717) is 32.5 Å². The maximum Gasteiger partial charge on any atom is 0.703 e. The lowest BCUT2D eigenvalue weighted by molar-refractivity contribution is -0.459. The van der Waals surface area contributed by atoms with Gasteiger partial charge in [0.1, 0.15) is 6.61 Å². The van der Waals surface area contributed by atoms with Crippen LogP contribution in [-0.4, -0.2) is 49.2 Å². The zero-order valence-corrected chi connectivity index (χ0v) is 16.0. The van der Waals surface area contributed by atoms with Gasteiger partial charge in [0.05, 0.1) is 25.7 Å². The summed E-state index contributed by atoms with van der Waals surface area (Å²) in [4.78, 5) is 0. The number of ether oxygens (including phenoxy) is 3. The van der Waals surface area contributed by atoms with E-state index in [1.54, 1.807) is 0 Å². The van der Waals surface area contributed by atoms with Crippen molar-refractivity contribution in [1.82, 2.24) is 0 Å². The van der Waals surface area contributed by atoms with Gasteiger partial charge in [-0.05, 0) is 30.7 Å². The van der Waals surface area contributed by atoms with Crippen molar-refractivity contribution in [3.63, 3.8) is 0 Å². The first-order valence-electron chi connectivity index (χ1n) is 7.88. The van der Waals surface area contributed by atoms with Gasteiger partial charge in [-0.1, -0.05) is 20.8 Å². The summed E-state index contributed by atoms with van der Waals surface area (Å²) in [5, 5.41) is 10.8. The number of halogens is 1. The number of alkyl halides is 1. The van der Waals surface area contributed by atoms with Crippen molar-refractivity contribution >= 4 is 19.9 Å². The van der Waals surface area contributed by atoms with Crippen LogP contribution in [0.1, 0.15) is 47.0 Å². The molecule has 2 unspecified atom stereocenters. The molecular formula is C14H29ClO7P+. The molecule has 0 amide bonds. The minimum absolute atomic E-state index is 0.0168. The number of rotatable bonds is 15. The standard InChI is InChI=1S/C14H29ClO7P/c1-5-9-18-13(4,19-10-6-2)14(16,20-11-7-3)22-23(17)21-12-8-15/h16H,5-12H2,1-4H3/q+1. The molecule has 0 rings (SSSR count). The predicted molar refractivity (Wildman–Crippen MR) is 87.4 cm³/mol. The summed E-state index contributed by atoms with van der Waals surface area (Å²) in [5.74, 6) is -3.87. The highest BCUT2D eigenvalue weighted by Crippen LogP contribution is 2.39. The lowest BCUT2D eigenvalue weighted by Gasteiger charge is -2.38. The van der Waals surface area contributed by atoms with Crippen molar-refractivity contribution in [2.24, 2.45) is 0 Å². The fourth-order valence-corrected chi connectivity index (χ4v) is 2.43. The van der Waals surface area contributed by atoms with Crippen molar-refractivity contribution in [3.8, 4) is 0 Å². The van der Waals surface area contributed by atoms with Gasteiger partial charge < -0.3 is 19.3 Å². The number of hydrogen-bond acceptors (Lipinski definition) is 7. The van der Waals surface area contributed by atoms with Gasteiger partial charge >= 0.3 is 14.2 Å². The zero-order valence-electron chi connectivity index (χ0n) is 14.4. The molecule has 23 heavy (non-hydrogen) atoms. The van der Waals surface area contributed by atoms with Crippen LogP contribution in [0.4, 0.5) is 0 Å². The van der Waals surface area contributed by atoms with Gasteiger partial charge in [-0.25, -0.2) is 0 Å². The Morgan fingerprint density at radius 2 is 1.43 bits per heavy atom. The minimum atomic E-state index is -2.65. The Bertz CT molecular complexity index is 324. The average molecular weight is 376 g/mol. The molecule has 0 aromatic heterocycles. The second-order valence-corrected chi connectivity index (χ2v) is 6.18. The molecule has 0 aromatic carbocycles. The molecule has 0 fully saturated rings. The summed E-state index contributed by atoms with van der Waals surface area (Å²) in [6.07, 6.45) is 2.01. The lowest BCUT2D eigenvalue weighted by Crippen LogP contribution is -2.58. The molecule has 0 spiro atoms. The molecule has 0 bridgehead atoms. The first-order valence-corrected chi connectivity index (χ1v) is 9.51. The second kappa shape index (κ2) is 12.5. The third-order valence-corrected chi connectivity index (χ3v) is 3.66. The molecule has 2 atom stereocenters. The molecule has 0 saturated carbocycles.